The lowest BCUT2D eigenvalue weighted by molar-refractivity contribution is -0.196. The molecule has 23 heavy (non-hydrogen) atoms. The number of unbranched alkanes of at least 4 members (excludes halogenated alkanes) is 1. The lowest BCUT2D eigenvalue weighted by Crippen LogP contribution is -2.58. The Kier molecular flexibility index (Phi) is 7.10. The lowest BCUT2D eigenvalue weighted by atomic mass is 9.96. The Labute approximate surface area is 134 Å². The highest BCUT2D eigenvalue weighted by molar-refractivity contribution is 5.67. The van der Waals surface area contributed by atoms with Gasteiger partial charge < -0.3 is 10.1 Å². The summed E-state index contributed by atoms with van der Waals surface area (Å²) >= 11 is 0. The SMILES string of the molecule is CCCCOC(=O)NC1CCC(C(F)(F)F)N(CC(C)(C)F)C1. The van der Waals surface area contributed by atoms with Gasteiger partial charge in [-0.05, 0) is 33.1 Å². The first kappa shape index (κ1) is 20.0. The molecule has 2 atom stereocenters. The predicted molar refractivity (Wildman–Crippen MR) is 79.0 cm³/mol. The summed E-state index contributed by atoms with van der Waals surface area (Å²) in [7, 11) is 0. The van der Waals surface area contributed by atoms with Crippen molar-refractivity contribution < 1.29 is 27.1 Å². The fraction of sp³-hybridized carbons (Fsp3) is 0.933. The average Bonchev–Trinajstić information content (AvgIpc) is 2.35. The van der Waals surface area contributed by atoms with E-state index < -0.39 is 30.0 Å². The maximum atomic E-state index is 13.8. The smallest absolute Gasteiger partial charge is 0.407 e. The minimum atomic E-state index is -4.40. The topological polar surface area (TPSA) is 41.6 Å². The van der Waals surface area contributed by atoms with E-state index in [1.54, 1.807) is 0 Å². The van der Waals surface area contributed by atoms with E-state index in [0.717, 1.165) is 17.7 Å². The molecule has 1 saturated heterocycles. The molecule has 1 aliphatic heterocycles. The average molecular weight is 342 g/mol. The highest BCUT2D eigenvalue weighted by Crippen LogP contribution is 2.33. The number of nitrogens with zero attached hydrogens (tertiary/aromatic N) is 1. The molecule has 1 N–H and O–H groups in total. The van der Waals surface area contributed by atoms with E-state index in [1.807, 2.05) is 6.92 Å². The van der Waals surface area contributed by atoms with Gasteiger partial charge in [-0.1, -0.05) is 13.3 Å². The molecule has 0 bridgehead atoms. The van der Waals surface area contributed by atoms with E-state index in [0.29, 0.717) is 0 Å². The number of amides is 1. The van der Waals surface area contributed by atoms with Crippen LogP contribution in [0, 0.1) is 0 Å². The number of nitrogens with one attached hydrogen (secondary N) is 1. The highest BCUT2D eigenvalue weighted by Gasteiger charge is 2.47. The van der Waals surface area contributed by atoms with Crippen molar-refractivity contribution in [3.8, 4) is 0 Å². The van der Waals surface area contributed by atoms with Crippen LogP contribution in [0.25, 0.3) is 0 Å². The molecule has 8 heteroatoms. The minimum absolute atomic E-state index is 0.0413. The Morgan fingerprint density at radius 2 is 1.91 bits per heavy atom. The van der Waals surface area contributed by atoms with Gasteiger partial charge in [0.25, 0.3) is 0 Å². The third-order valence-corrected chi connectivity index (χ3v) is 3.69. The van der Waals surface area contributed by atoms with Crippen molar-refractivity contribution in [3.05, 3.63) is 0 Å². The number of hydrogen-bond donors (Lipinski definition) is 1. The van der Waals surface area contributed by atoms with Crippen LogP contribution < -0.4 is 5.32 Å². The molecule has 0 aromatic rings. The predicted octanol–water partition coefficient (Wildman–Crippen LogP) is 3.66. The van der Waals surface area contributed by atoms with Crippen molar-refractivity contribution >= 4 is 6.09 Å². The lowest BCUT2D eigenvalue weighted by Gasteiger charge is -2.42. The monoisotopic (exact) mass is 342 g/mol. The summed E-state index contributed by atoms with van der Waals surface area (Å²) in [6.07, 6.45) is -3.40. The van der Waals surface area contributed by atoms with Gasteiger partial charge in [0.1, 0.15) is 11.7 Å². The number of rotatable bonds is 6. The molecule has 1 aliphatic rings. The number of hydrogen-bond acceptors (Lipinski definition) is 3. The van der Waals surface area contributed by atoms with Crippen LogP contribution in [0.2, 0.25) is 0 Å². The molecule has 136 valence electrons. The maximum absolute atomic E-state index is 13.8. The van der Waals surface area contributed by atoms with Crippen LogP contribution in [0.5, 0.6) is 0 Å². The number of alkyl carbamates (subject to hydrolysis) is 1. The first-order valence-electron chi connectivity index (χ1n) is 7.96. The van der Waals surface area contributed by atoms with Crippen LogP contribution in [-0.2, 0) is 4.74 Å². The van der Waals surface area contributed by atoms with Crippen molar-refractivity contribution in [3.63, 3.8) is 0 Å². The molecular weight excluding hydrogens is 316 g/mol. The van der Waals surface area contributed by atoms with E-state index in [1.165, 1.54) is 13.8 Å². The Morgan fingerprint density at radius 1 is 1.26 bits per heavy atom. The molecule has 2 unspecified atom stereocenters. The van der Waals surface area contributed by atoms with Gasteiger partial charge in [-0.2, -0.15) is 13.2 Å². The molecular formula is C15H26F4N2O2. The Hall–Kier alpha value is -1.05. The second kappa shape index (κ2) is 8.17. The van der Waals surface area contributed by atoms with Crippen LogP contribution in [0.3, 0.4) is 0 Å². The second-order valence-corrected chi connectivity index (χ2v) is 6.61. The van der Waals surface area contributed by atoms with Crippen LogP contribution in [0.1, 0.15) is 46.5 Å². The Bertz CT molecular complexity index is 383. The number of piperidine rings is 1. The van der Waals surface area contributed by atoms with Gasteiger partial charge in [-0.3, -0.25) is 4.90 Å². The number of halogens is 4. The first-order chi connectivity index (χ1) is 10.5. The van der Waals surface area contributed by atoms with Crippen LogP contribution in [0.4, 0.5) is 22.4 Å². The third kappa shape index (κ3) is 7.37. The van der Waals surface area contributed by atoms with Gasteiger partial charge in [-0.25, -0.2) is 9.18 Å². The molecule has 0 saturated carbocycles. The van der Waals surface area contributed by atoms with E-state index in [4.69, 9.17) is 4.74 Å². The standard InChI is InChI=1S/C15H26F4N2O2/c1-4-5-8-23-13(22)20-11-6-7-12(15(17,18)19)21(9-11)10-14(2,3)16/h11-12H,4-10H2,1-3H3,(H,20,22). The second-order valence-electron chi connectivity index (χ2n) is 6.61. The fourth-order valence-electron chi connectivity index (χ4n) is 2.71. The van der Waals surface area contributed by atoms with Gasteiger partial charge in [0, 0.05) is 19.1 Å². The fourth-order valence-corrected chi connectivity index (χ4v) is 2.71. The number of carbonyl (C=O) groups excluding carboxylic acids is 1. The zero-order chi connectivity index (χ0) is 17.7. The van der Waals surface area contributed by atoms with E-state index >= 15 is 0 Å². The van der Waals surface area contributed by atoms with Crippen molar-refractivity contribution in [1.29, 1.82) is 0 Å². The van der Waals surface area contributed by atoms with E-state index in [-0.39, 0.29) is 32.5 Å². The summed E-state index contributed by atoms with van der Waals surface area (Å²) in [5.74, 6) is 0. The molecule has 1 amide bonds. The van der Waals surface area contributed by atoms with Crippen LogP contribution in [0.15, 0.2) is 0 Å². The summed E-state index contributed by atoms with van der Waals surface area (Å²) in [6, 6.07) is -2.14. The summed E-state index contributed by atoms with van der Waals surface area (Å²) in [4.78, 5) is 12.7. The Morgan fingerprint density at radius 3 is 2.43 bits per heavy atom. The quantitative estimate of drug-likeness (QED) is 0.592. The molecule has 0 aromatic carbocycles. The van der Waals surface area contributed by atoms with Crippen molar-refractivity contribution in [2.75, 3.05) is 19.7 Å². The molecule has 1 rings (SSSR count). The van der Waals surface area contributed by atoms with Gasteiger partial charge in [0.15, 0.2) is 0 Å². The van der Waals surface area contributed by atoms with Crippen LogP contribution >= 0.6 is 0 Å². The number of alkyl halides is 4. The summed E-state index contributed by atoms with van der Waals surface area (Å²) in [5.41, 5.74) is -1.74. The minimum Gasteiger partial charge on any atom is -0.450 e. The molecule has 0 aromatic heterocycles. The van der Waals surface area contributed by atoms with Crippen molar-refractivity contribution in [2.45, 2.75) is 70.4 Å². The normalized spacial score (nSPS) is 23.6. The van der Waals surface area contributed by atoms with Crippen molar-refractivity contribution in [1.82, 2.24) is 10.2 Å². The third-order valence-electron chi connectivity index (χ3n) is 3.69. The van der Waals surface area contributed by atoms with E-state index in [9.17, 15) is 22.4 Å². The number of carbonyl (C=O) groups is 1. The molecule has 0 aliphatic carbocycles. The first-order valence-corrected chi connectivity index (χ1v) is 7.96. The molecule has 1 heterocycles. The zero-order valence-corrected chi connectivity index (χ0v) is 13.9. The van der Waals surface area contributed by atoms with Gasteiger partial charge in [0.05, 0.1) is 6.61 Å². The van der Waals surface area contributed by atoms with Gasteiger partial charge >= 0.3 is 12.3 Å². The molecule has 1 fully saturated rings. The van der Waals surface area contributed by atoms with Gasteiger partial charge in [-0.15, -0.1) is 0 Å². The maximum Gasteiger partial charge on any atom is 0.407 e. The summed E-state index contributed by atoms with van der Waals surface area (Å²) in [6.45, 7) is 4.35. The molecule has 0 radical (unpaired) electrons. The molecule has 4 nitrogen and oxygen atoms in total. The molecule has 0 spiro atoms. The summed E-state index contributed by atoms with van der Waals surface area (Å²) < 4.78 is 58.0. The van der Waals surface area contributed by atoms with Crippen LogP contribution in [-0.4, -0.2) is 54.6 Å². The summed E-state index contributed by atoms with van der Waals surface area (Å²) in [5, 5.41) is 2.57. The largest absolute Gasteiger partial charge is 0.450 e. The Balaban J connectivity index is 2.62. The van der Waals surface area contributed by atoms with Crippen molar-refractivity contribution in [2.24, 2.45) is 0 Å². The highest BCUT2D eigenvalue weighted by atomic mass is 19.4. The van der Waals surface area contributed by atoms with E-state index in [2.05, 4.69) is 5.32 Å². The zero-order valence-electron chi connectivity index (χ0n) is 13.9. The number of ether oxygens (including phenoxy) is 1. The van der Waals surface area contributed by atoms with Gasteiger partial charge in [0.2, 0.25) is 0 Å². The number of likely N-dealkylation sites (tertiary alicyclic amines) is 1.